The number of carbonyl (C=O) groups is 4. The summed E-state index contributed by atoms with van der Waals surface area (Å²) in [5.41, 5.74) is 2.62. The molecule has 14 nitrogen and oxygen atoms in total. The van der Waals surface area contributed by atoms with Gasteiger partial charge in [0.25, 0.3) is 5.56 Å². The summed E-state index contributed by atoms with van der Waals surface area (Å²) in [6.07, 6.45) is 1.42. The molecule has 0 saturated heterocycles. The average Bonchev–Trinajstić information content (AvgIpc) is 3.50. The first-order valence-corrected chi connectivity index (χ1v) is 18.1. The van der Waals surface area contributed by atoms with Gasteiger partial charge in [-0.3, -0.25) is 24.1 Å². The highest BCUT2D eigenvalue weighted by Gasteiger charge is 2.46. The van der Waals surface area contributed by atoms with Crippen molar-refractivity contribution in [1.82, 2.24) is 29.6 Å². The molecule has 3 N–H and O–H groups in total. The van der Waals surface area contributed by atoms with Crippen molar-refractivity contribution < 1.29 is 38.5 Å². The summed E-state index contributed by atoms with van der Waals surface area (Å²) in [4.78, 5) is 73.7. The van der Waals surface area contributed by atoms with Gasteiger partial charge in [-0.1, -0.05) is 6.92 Å². The van der Waals surface area contributed by atoms with Crippen LogP contribution < -0.4 is 10.9 Å². The van der Waals surface area contributed by atoms with Gasteiger partial charge in [-0.25, -0.2) is 14.2 Å². The van der Waals surface area contributed by atoms with Crippen LogP contribution >= 0.6 is 0 Å². The normalized spacial score (nSPS) is 18.4. The van der Waals surface area contributed by atoms with Crippen molar-refractivity contribution in [1.29, 1.82) is 0 Å². The van der Waals surface area contributed by atoms with Crippen molar-refractivity contribution in [2.24, 2.45) is 0 Å². The third kappa shape index (κ3) is 6.81. The van der Waals surface area contributed by atoms with Crippen molar-refractivity contribution in [3.63, 3.8) is 0 Å². The topological polar surface area (TPSA) is 175 Å². The molecule has 6 rings (SSSR count). The van der Waals surface area contributed by atoms with Crippen LogP contribution in [0.3, 0.4) is 0 Å². The predicted octanol–water partition coefficient (Wildman–Crippen LogP) is 1.64. The Morgan fingerprint density at radius 2 is 1.75 bits per heavy atom. The lowest BCUT2D eigenvalue weighted by Gasteiger charge is -2.35. The maximum atomic E-state index is 15.3. The second-order valence-corrected chi connectivity index (χ2v) is 14.2. The molecule has 4 heterocycles. The zero-order valence-corrected chi connectivity index (χ0v) is 30.9. The van der Waals surface area contributed by atoms with Gasteiger partial charge in [0.15, 0.2) is 5.60 Å². The van der Waals surface area contributed by atoms with E-state index in [1.807, 2.05) is 7.05 Å². The molecule has 284 valence electrons. The fourth-order valence-corrected chi connectivity index (χ4v) is 8.04. The first kappa shape index (κ1) is 38.0. The Balaban J connectivity index is 1.23. The SMILES string of the molecule is CC[C@@]1(O)C(=O)OCc2c1cc1n(c2=O)Cc2c-1nc1cc(F)c(C)c3c1c2C(N(C)CCC(=O)NCCN(CCN(CCO)C(C)=O)C(C)=O)CC3. The van der Waals surface area contributed by atoms with E-state index < -0.39 is 11.6 Å². The Morgan fingerprint density at radius 3 is 2.42 bits per heavy atom. The molecule has 3 amide bonds. The summed E-state index contributed by atoms with van der Waals surface area (Å²) >= 11 is 0. The molecule has 2 aliphatic heterocycles. The van der Waals surface area contributed by atoms with Crippen molar-refractivity contribution >= 4 is 34.6 Å². The number of aliphatic hydroxyl groups is 2. The largest absolute Gasteiger partial charge is 0.458 e. The fraction of sp³-hybridized carbons (Fsp3) is 0.526. The lowest BCUT2D eigenvalue weighted by Crippen LogP contribution is -2.44. The summed E-state index contributed by atoms with van der Waals surface area (Å²) in [5, 5.41) is 24.3. The summed E-state index contributed by atoms with van der Waals surface area (Å²) in [5.74, 6) is -1.77. The maximum absolute atomic E-state index is 15.3. The first-order chi connectivity index (χ1) is 25.2. The van der Waals surface area contributed by atoms with Gasteiger partial charge in [0.2, 0.25) is 17.7 Å². The van der Waals surface area contributed by atoms with Crippen molar-refractivity contribution in [3.8, 4) is 11.4 Å². The number of cyclic esters (lactones) is 1. The first-order valence-electron chi connectivity index (χ1n) is 18.1. The smallest absolute Gasteiger partial charge is 0.343 e. The fourth-order valence-electron chi connectivity index (χ4n) is 8.04. The Labute approximate surface area is 306 Å². The Kier molecular flexibility index (Phi) is 10.7. The molecule has 2 aromatic heterocycles. The van der Waals surface area contributed by atoms with Gasteiger partial charge in [-0.05, 0) is 56.0 Å². The number of nitrogens with one attached hydrogen (secondary N) is 1. The van der Waals surface area contributed by atoms with E-state index in [0.717, 1.165) is 22.1 Å². The van der Waals surface area contributed by atoms with Gasteiger partial charge < -0.3 is 34.6 Å². The van der Waals surface area contributed by atoms with Crippen molar-refractivity contribution in [2.75, 3.05) is 52.9 Å². The predicted molar refractivity (Wildman–Crippen MR) is 192 cm³/mol. The standard InChI is InChI=1S/C38H47FN6O8/c1-6-38(52)27-17-31-35-25(19-45(31)36(50)26(27)20-53-37(38)51)34-30(8-7-24-21(2)28(39)18-29(41-35)33(24)34)42(5)11-9-32(49)40-10-12-43(22(3)47)13-14-44(15-16-46)23(4)48/h17-18,30,46,52H,6-16,19-20H2,1-5H3,(H,40,49)/t30?,38-/m0/s1. The number of halogens is 1. The molecule has 0 spiro atoms. The van der Waals surface area contributed by atoms with Crippen LogP contribution in [0, 0.1) is 12.7 Å². The number of hydrogen-bond donors (Lipinski definition) is 3. The Bertz CT molecular complexity index is 2070. The number of carbonyl (C=O) groups excluding carboxylic acids is 4. The molecule has 1 aromatic carbocycles. The number of hydrogen-bond acceptors (Lipinski definition) is 10. The Hall–Kier alpha value is -4.73. The molecule has 0 bridgehead atoms. The van der Waals surface area contributed by atoms with Crippen LogP contribution in [0.4, 0.5) is 4.39 Å². The summed E-state index contributed by atoms with van der Waals surface area (Å²) < 4.78 is 22.1. The van der Waals surface area contributed by atoms with E-state index in [0.29, 0.717) is 41.9 Å². The molecule has 0 saturated carbocycles. The van der Waals surface area contributed by atoms with E-state index in [-0.39, 0.29) is 112 Å². The van der Waals surface area contributed by atoms with Gasteiger partial charge in [0.1, 0.15) is 12.4 Å². The number of amides is 3. The van der Waals surface area contributed by atoms with Crippen LogP contribution in [0.5, 0.6) is 0 Å². The van der Waals surface area contributed by atoms with E-state index >= 15 is 4.39 Å². The highest BCUT2D eigenvalue weighted by atomic mass is 19.1. The molecular weight excluding hydrogens is 687 g/mol. The number of fused-ring (bicyclic) bond motifs is 5. The lowest BCUT2D eigenvalue weighted by molar-refractivity contribution is -0.172. The van der Waals surface area contributed by atoms with Crippen LogP contribution in [0.2, 0.25) is 0 Å². The monoisotopic (exact) mass is 734 g/mol. The summed E-state index contributed by atoms with van der Waals surface area (Å²) in [6, 6.07) is 2.88. The second kappa shape index (κ2) is 15.0. The third-order valence-corrected chi connectivity index (χ3v) is 11.2. The highest BCUT2D eigenvalue weighted by molar-refractivity contribution is 5.93. The van der Waals surface area contributed by atoms with E-state index in [4.69, 9.17) is 9.72 Å². The van der Waals surface area contributed by atoms with Gasteiger partial charge in [-0.2, -0.15) is 0 Å². The van der Waals surface area contributed by atoms with Crippen molar-refractivity contribution in [3.05, 3.63) is 61.7 Å². The highest BCUT2D eigenvalue weighted by Crippen LogP contribution is 2.47. The van der Waals surface area contributed by atoms with Crippen LogP contribution in [0.25, 0.3) is 22.3 Å². The lowest BCUT2D eigenvalue weighted by atomic mass is 9.81. The summed E-state index contributed by atoms with van der Waals surface area (Å²) in [7, 11) is 1.93. The molecule has 3 aromatic rings. The number of aliphatic hydroxyl groups excluding tert-OH is 1. The minimum atomic E-state index is -1.97. The number of pyridine rings is 2. The van der Waals surface area contributed by atoms with E-state index in [1.165, 1.54) is 24.8 Å². The molecule has 0 fully saturated rings. The average molecular weight is 735 g/mol. The summed E-state index contributed by atoms with van der Waals surface area (Å²) in [6.45, 7) is 7.61. The van der Waals surface area contributed by atoms with Crippen LogP contribution in [0.1, 0.15) is 79.5 Å². The number of ether oxygens (including phenoxy) is 1. The minimum Gasteiger partial charge on any atom is -0.458 e. The van der Waals surface area contributed by atoms with E-state index in [1.54, 1.807) is 29.4 Å². The number of aromatic nitrogens is 2. The quantitative estimate of drug-likeness (QED) is 0.171. The third-order valence-electron chi connectivity index (χ3n) is 11.2. The molecule has 15 heteroatoms. The van der Waals surface area contributed by atoms with Crippen molar-refractivity contribution in [2.45, 2.75) is 78.2 Å². The molecule has 0 radical (unpaired) electrons. The van der Waals surface area contributed by atoms with Gasteiger partial charge in [-0.15, -0.1) is 0 Å². The number of esters is 1. The second-order valence-electron chi connectivity index (χ2n) is 14.2. The van der Waals surface area contributed by atoms with Gasteiger partial charge in [0, 0.05) is 88.2 Å². The van der Waals surface area contributed by atoms with Crippen LogP contribution in [0.15, 0.2) is 16.9 Å². The minimum absolute atomic E-state index is 0.0134. The molecule has 1 aliphatic carbocycles. The van der Waals surface area contributed by atoms with Gasteiger partial charge in [0.05, 0.1) is 35.6 Å². The number of nitrogens with zero attached hydrogens (tertiary/aromatic N) is 5. The zero-order chi connectivity index (χ0) is 38.4. The molecule has 1 unspecified atom stereocenters. The van der Waals surface area contributed by atoms with E-state index in [2.05, 4.69) is 10.2 Å². The maximum Gasteiger partial charge on any atom is 0.343 e. The number of rotatable bonds is 13. The molecule has 53 heavy (non-hydrogen) atoms. The molecule has 3 aliphatic rings. The van der Waals surface area contributed by atoms with E-state index in [9.17, 15) is 34.2 Å². The Morgan fingerprint density at radius 1 is 1.06 bits per heavy atom. The molecule has 2 atom stereocenters. The molecular formula is C38H47FN6O8. The zero-order valence-electron chi connectivity index (χ0n) is 30.9. The van der Waals surface area contributed by atoms with Crippen LogP contribution in [-0.2, 0) is 49.1 Å². The number of benzene rings is 1. The van der Waals surface area contributed by atoms with Crippen LogP contribution in [-0.4, -0.2) is 111 Å². The van der Waals surface area contributed by atoms with Gasteiger partial charge >= 0.3 is 5.97 Å². The number of aryl methyl sites for hydroxylation is 1.